The van der Waals surface area contributed by atoms with Gasteiger partial charge in [-0.3, -0.25) is 4.79 Å². The molecule has 1 unspecified atom stereocenters. The van der Waals surface area contributed by atoms with Crippen LogP contribution in [0, 0.1) is 0 Å². The van der Waals surface area contributed by atoms with E-state index < -0.39 is 0 Å². The largest absolute Gasteiger partial charge is 0.340 e. The van der Waals surface area contributed by atoms with Gasteiger partial charge in [0.1, 0.15) is 5.82 Å². The number of hydrogen-bond donors (Lipinski definition) is 1. The summed E-state index contributed by atoms with van der Waals surface area (Å²) in [5.41, 5.74) is 5.29. The van der Waals surface area contributed by atoms with Gasteiger partial charge in [-0.1, -0.05) is 39.0 Å². The fraction of sp³-hybridized carbons (Fsp3) is 0.367. The van der Waals surface area contributed by atoms with Crippen molar-refractivity contribution in [3.05, 3.63) is 88.5 Å². The SMILES string of the molecule is C=CCn1c(=O)c2cnc(Nc3ccc4c(c3)CC(N(C)C)CC4)cc2n1-c1cccc(C(C)(C)C)n1. The molecule has 0 bridgehead atoms. The van der Waals surface area contributed by atoms with Crippen LogP contribution in [0.15, 0.2) is 66.1 Å². The van der Waals surface area contributed by atoms with Crippen LogP contribution in [0.25, 0.3) is 16.7 Å². The Labute approximate surface area is 218 Å². The van der Waals surface area contributed by atoms with Crippen molar-refractivity contribution in [2.45, 2.75) is 58.0 Å². The Morgan fingerprint density at radius 2 is 1.97 bits per heavy atom. The summed E-state index contributed by atoms with van der Waals surface area (Å²) in [5.74, 6) is 1.38. The smallest absolute Gasteiger partial charge is 0.276 e. The highest BCUT2D eigenvalue weighted by Crippen LogP contribution is 2.29. The lowest BCUT2D eigenvalue weighted by atomic mass is 9.87. The first-order valence-electron chi connectivity index (χ1n) is 12.9. The van der Waals surface area contributed by atoms with Crippen LogP contribution in [-0.2, 0) is 24.8 Å². The molecule has 0 fully saturated rings. The molecule has 4 aromatic rings. The lowest BCUT2D eigenvalue weighted by Crippen LogP contribution is -2.33. The average Bonchev–Trinajstić information content (AvgIpc) is 3.14. The Kier molecular flexibility index (Phi) is 6.50. The molecule has 7 nitrogen and oxygen atoms in total. The number of aryl methyl sites for hydroxylation is 1. The zero-order valence-electron chi connectivity index (χ0n) is 22.5. The van der Waals surface area contributed by atoms with Crippen LogP contribution in [0.2, 0.25) is 0 Å². The maximum atomic E-state index is 13.3. The number of nitrogens with one attached hydrogen (secondary N) is 1. The molecule has 0 saturated heterocycles. The maximum absolute atomic E-state index is 13.3. The molecule has 1 aliphatic rings. The Bertz CT molecular complexity index is 1520. The van der Waals surface area contributed by atoms with Crippen molar-refractivity contribution >= 4 is 22.4 Å². The molecule has 0 saturated carbocycles. The Morgan fingerprint density at radius 1 is 1.16 bits per heavy atom. The minimum Gasteiger partial charge on any atom is -0.340 e. The molecule has 7 heteroatoms. The third-order valence-electron chi connectivity index (χ3n) is 7.25. The standard InChI is InChI=1S/C30H36N6O/c1-7-15-35-29(37)24-19-31-27(18-25(24)36(35)28-10-8-9-26(33-28)30(2,3)4)32-22-13-11-20-12-14-23(34(5)6)17-21(20)16-22/h7-11,13,16,18-19,23H,1,12,14-15,17H2,2-6H3,(H,31,32). The molecule has 1 N–H and O–H groups in total. The normalized spacial score (nSPS) is 15.7. The van der Waals surface area contributed by atoms with Crippen LogP contribution in [0.5, 0.6) is 0 Å². The number of nitrogens with zero attached hydrogens (tertiary/aromatic N) is 5. The molecule has 0 aliphatic heterocycles. The molecule has 0 amide bonds. The van der Waals surface area contributed by atoms with E-state index in [1.165, 1.54) is 17.5 Å². The van der Waals surface area contributed by atoms with Crippen LogP contribution in [0.4, 0.5) is 11.5 Å². The van der Waals surface area contributed by atoms with Gasteiger partial charge >= 0.3 is 0 Å². The Morgan fingerprint density at radius 3 is 2.70 bits per heavy atom. The maximum Gasteiger partial charge on any atom is 0.276 e. The van der Waals surface area contributed by atoms with Crippen molar-refractivity contribution < 1.29 is 0 Å². The van der Waals surface area contributed by atoms with Crippen molar-refractivity contribution in [3.63, 3.8) is 0 Å². The number of allylic oxidation sites excluding steroid dienone is 1. The molecular weight excluding hydrogens is 460 g/mol. The first-order valence-corrected chi connectivity index (χ1v) is 12.9. The Balaban J connectivity index is 1.57. The zero-order valence-corrected chi connectivity index (χ0v) is 22.5. The average molecular weight is 497 g/mol. The number of anilines is 2. The number of rotatable bonds is 6. The molecule has 3 aromatic heterocycles. The summed E-state index contributed by atoms with van der Waals surface area (Å²) in [4.78, 5) is 25.1. The molecule has 0 spiro atoms. The molecule has 1 aliphatic carbocycles. The predicted octanol–water partition coefficient (Wildman–Crippen LogP) is 5.23. The first kappa shape index (κ1) is 25.0. The summed E-state index contributed by atoms with van der Waals surface area (Å²) < 4.78 is 3.55. The van der Waals surface area contributed by atoms with Crippen LogP contribution < -0.4 is 10.9 Å². The highest BCUT2D eigenvalue weighted by molar-refractivity contribution is 5.82. The number of likely N-dealkylation sites (N-methyl/N-ethyl adjacent to an activating group) is 1. The molecule has 5 rings (SSSR count). The van der Waals surface area contributed by atoms with Gasteiger partial charge in [0.2, 0.25) is 0 Å². The quantitative estimate of drug-likeness (QED) is 0.370. The van der Waals surface area contributed by atoms with Gasteiger partial charge in [-0.05, 0) is 68.8 Å². The van der Waals surface area contributed by atoms with Gasteiger partial charge in [0.25, 0.3) is 5.56 Å². The fourth-order valence-electron chi connectivity index (χ4n) is 5.11. The van der Waals surface area contributed by atoms with Gasteiger partial charge < -0.3 is 10.2 Å². The van der Waals surface area contributed by atoms with Gasteiger partial charge in [-0.2, -0.15) is 0 Å². The fourth-order valence-corrected chi connectivity index (χ4v) is 5.11. The molecule has 0 radical (unpaired) electrons. The van der Waals surface area contributed by atoms with Gasteiger partial charge in [0.15, 0.2) is 5.82 Å². The van der Waals surface area contributed by atoms with Gasteiger partial charge in [-0.15, -0.1) is 6.58 Å². The minimum atomic E-state index is -0.116. The second-order valence-corrected chi connectivity index (χ2v) is 11.2. The molecule has 3 heterocycles. The summed E-state index contributed by atoms with van der Waals surface area (Å²) in [5, 5.41) is 4.03. The van der Waals surface area contributed by atoms with Crippen molar-refractivity contribution in [2.24, 2.45) is 0 Å². The summed E-state index contributed by atoms with van der Waals surface area (Å²) in [6.07, 6.45) is 6.72. The van der Waals surface area contributed by atoms with Crippen LogP contribution >= 0.6 is 0 Å². The van der Waals surface area contributed by atoms with Crippen LogP contribution in [0.1, 0.15) is 44.0 Å². The summed E-state index contributed by atoms with van der Waals surface area (Å²) in [7, 11) is 4.31. The van der Waals surface area contributed by atoms with Crippen molar-refractivity contribution in [2.75, 3.05) is 19.4 Å². The zero-order chi connectivity index (χ0) is 26.3. The lowest BCUT2D eigenvalue weighted by Gasteiger charge is -2.30. The van der Waals surface area contributed by atoms with Gasteiger partial charge in [0.05, 0.1) is 17.4 Å². The molecular formula is C30H36N6O. The minimum absolute atomic E-state index is 0.111. The molecule has 1 atom stereocenters. The van der Waals surface area contributed by atoms with Crippen LogP contribution in [0.3, 0.4) is 0 Å². The van der Waals surface area contributed by atoms with E-state index in [2.05, 4.69) is 74.8 Å². The number of aromatic nitrogens is 4. The topological polar surface area (TPSA) is 68.0 Å². The number of fused-ring (bicyclic) bond motifs is 2. The predicted molar refractivity (Wildman–Crippen MR) is 151 cm³/mol. The van der Waals surface area contributed by atoms with E-state index in [-0.39, 0.29) is 11.0 Å². The van der Waals surface area contributed by atoms with Gasteiger partial charge in [0, 0.05) is 35.1 Å². The van der Waals surface area contributed by atoms with Crippen molar-refractivity contribution in [1.82, 2.24) is 24.2 Å². The van der Waals surface area contributed by atoms with E-state index in [1.54, 1.807) is 17.0 Å². The highest BCUT2D eigenvalue weighted by Gasteiger charge is 2.22. The Hall–Kier alpha value is -3.71. The van der Waals surface area contributed by atoms with Crippen molar-refractivity contribution in [1.29, 1.82) is 0 Å². The lowest BCUT2D eigenvalue weighted by molar-refractivity contribution is 0.268. The van der Waals surface area contributed by atoms with E-state index in [4.69, 9.17) is 4.98 Å². The number of pyridine rings is 2. The highest BCUT2D eigenvalue weighted by atomic mass is 16.1. The number of benzene rings is 1. The van der Waals surface area contributed by atoms with E-state index in [1.807, 2.05) is 28.9 Å². The summed E-state index contributed by atoms with van der Waals surface area (Å²) >= 11 is 0. The summed E-state index contributed by atoms with van der Waals surface area (Å²) in [6, 6.07) is 15.0. The third kappa shape index (κ3) is 4.83. The second-order valence-electron chi connectivity index (χ2n) is 11.2. The van der Waals surface area contributed by atoms with E-state index in [9.17, 15) is 4.79 Å². The van der Waals surface area contributed by atoms with E-state index >= 15 is 0 Å². The molecule has 37 heavy (non-hydrogen) atoms. The monoisotopic (exact) mass is 496 g/mol. The third-order valence-corrected chi connectivity index (χ3v) is 7.25. The second kappa shape index (κ2) is 9.63. The van der Waals surface area contributed by atoms with Crippen LogP contribution in [-0.4, -0.2) is 44.4 Å². The number of hydrogen-bond acceptors (Lipinski definition) is 5. The summed E-state index contributed by atoms with van der Waals surface area (Å²) in [6.45, 7) is 10.6. The molecule has 192 valence electrons. The van der Waals surface area contributed by atoms with Crippen molar-refractivity contribution in [3.8, 4) is 5.82 Å². The molecule has 1 aromatic carbocycles. The van der Waals surface area contributed by atoms with E-state index in [0.717, 1.165) is 29.7 Å². The first-order chi connectivity index (χ1) is 17.7. The van der Waals surface area contributed by atoms with E-state index in [0.29, 0.717) is 29.6 Å². The van der Waals surface area contributed by atoms with Gasteiger partial charge in [-0.25, -0.2) is 19.3 Å².